The van der Waals surface area contributed by atoms with Crippen molar-refractivity contribution in [1.82, 2.24) is 25.4 Å². The lowest BCUT2D eigenvalue weighted by atomic mass is 10.1. The lowest BCUT2D eigenvalue weighted by Crippen LogP contribution is -2.47. The summed E-state index contributed by atoms with van der Waals surface area (Å²) in [6, 6.07) is 16.3. The maximum Gasteiger partial charge on any atom is 0.191 e. The number of nitrogens with zero attached hydrogens (tertiary/aromatic N) is 4. The van der Waals surface area contributed by atoms with Crippen LogP contribution in [-0.2, 0) is 30.9 Å². The number of aromatic nitrogens is 3. The van der Waals surface area contributed by atoms with E-state index in [-0.39, 0.29) is 6.04 Å². The van der Waals surface area contributed by atoms with Crippen LogP contribution in [0.15, 0.2) is 53.5 Å². The topological polar surface area (TPSA) is 85.6 Å². The van der Waals surface area contributed by atoms with Crippen LogP contribution in [0, 0.1) is 6.92 Å². The first kappa shape index (κ1) is 22.8. The lowest BCUT2D eigenvalue weighted by Gasteiger charge is -2.25. The van der Waals surface area contributed by atoms with Gasteiger partial charge in [-0.25, -0.2) is 14.7 Å². The number of para-hydroxylation sites is 1. The number of hydrogen-bond donors (Lipinski definition) is 2. The van der Waals surface area contributed by atoms with E-state index in [2.05, 4.69) is 46.7 Å². The molecule has 4 rings (SSSR count). The van der Waals surface area contributed by atoms with E-state index in [1.54, 1.807) is 7.11 Å². The zero-order valence-corrected chi connectivity index (χ0v) is 19.5. The first-order valence-corrected chi connectivity index (χ1v) is 11.4. The van der Waals surface area contributed by atoms with Gasteiger partial charge in [-0.3, -0.25) is 0 Å². The van der Waals surface area contributed by atoms with Crippen LogP contribution in [0.3, 0.4) is 0 Å². The third-order valence-electron chi connectivity index (χ3n) is 5.46. The highest BCUT2D eigenvalue weighted by atomic mass is 16.5. The average Bonchev–Trinajstić information content (AvgIpc) is 3.20. The van der Waals surface area contributed by atoms with Crippen LogP contribution in [0.5, 0.6) is 11.5 Å². The Hall–Kier alpha value is -3.39. The molecule has 0 spiro atoms. The van der Waals surface area contributed by atoms with Crippen molar-refractivity contribution < 1.29 is 9.47 Å². The standard InChI is InChI=1S/C25H32N6O2/c1-4-26-25(28-20-12-13-24-29-23(17-32-3)30-31(24)16-20)27-15-19-9-5-6-11-22(19)33-21-10-7-8-18(2)14-21/h5-11,14,20H,4,12-13,15-17H2,1-3H3,(H2,26,27,28). The van der Waals surface area contributed by atoms with Crippen molar-refractivity contribution in [2.75, 3.05) is 13.7 Å². The molecule has 1 aliphatic rings. The van der Waals surface area contributed by atoms with Gasteiger partial charge in [0, 0.05) is 31.7 Å². The van der Waals surface area contributed by atoms with Gasteiger partial charge in [0.15, 0.2) is 11.8 Å². The Balaban J connectivity index is 1.43. The van der Waals surface area contributed by atoms with Gasteiger partial charge in [-0.05, 0) is 44.0 Å². The molecule has 0 fully saturated rings. The molecule has 174 valence electrons. The molecule has 2 N–H and O–H groups in total. The normalized spacial score (nSPS) is 15.7. The van der Waals surface area contributed by atoms with Crippen LogP contribution in [0.25, 0.3) is 0 Å². The summed E-state index contributed by atoms with van der Waals surface area (Å²) in [6.45, 7) is 6.61. The van der Waals surface area contributed by atoms with Crippen LogP contribution in [0.2, 0.25) is 0 Å². The van der Waals surface area contributed by atoms with Crippen molar-refractivity contribution in [2.45, 2.75) is 52.4 Å². The molecule has 33 heavy (non-hydrogen) atoms. The van der Waals surface area contributed by atoms with Crippen LogP contribution in [-0.4, -0.2) is 40.4 Å². The minimum atomic E-state index is 0.228. The summed E-state index contributed by atoms with van der Waals surface area (Å²) in [5.74, 6) is 4.19. The van der Waals surface area contributed by atoms with Crippen molar-refractivity contribution in [3.8, 4) is 11.5 Å². The van der Waals surface area contributed by atoms with Crippen LogP contribution in [0.1, 0.15) is 36.1 Å². The molecule has 1 atom stereocenters. The van der Waals surface area contributed by atoms with Crippen LogP contribution >= 0.6 is 0 Å². The molecule has 0 bridgehead atoms. The number of ether oxygens (including phenoxy) is 2. The van der Waals surface area contributed by atoms with E-state index in [1.165, 1.54) is 5.56 Å². The second-order valence-electron chi connectivity index (χ2n) is 8.16. The monoisotopic (exact) mass is 448 g/mol. The summed E-state index contributed by atoms with van der Waals surface area (Å²) in [5.41, 5.74) is 2.20. The van der Waals surface area contributed by atoms with Crippen molar-refractivity contribution in [1.29, 1.82) is 0 Å². The van der Waals surface area contributed by atoms with Gasteiger partial charge in [-0.2, -0.15) is 5.10 Å². The van der Waals surface area contributed by atoms with Crippen LogP contribution < -0.4 is 15.4 Å². The van der Waals surface area contributed by atoms with Gasteiger partial charge in [0.2, 0.25) is 0 Å². The fourth-order valence-corrected chi connectivity index (χ4v) is 3.89. The van der Waals surface area contributed by atoms with Crippen LogP contribution in [0.4, 0.5) is 0 Å². The number of fused-ring (bicyclic) bond motifs is 1. The van der Waals surface area contributed by atoms with Gasteiger partial charge in [-0.15, -0.1) is 0 Å². The number of benzene rings is 2. The van der Waals surface area contributed by atoms with E-state index in [0.717, 1.165) is 60.6 Å². The molecule has 8 heteroatoms. The smallest absolute Gasteiger partial charge is 0.191 e. The summed E-state index contributed by atoms with van der Waals surface area (Å²) in [7, 11) is 1.66. The van der Waals surface area contributed by atoms with E-state index in [0.29, 0.717) is 13.2 Å². The highest BCUT2D eigenvalue weighted by molar-refractivity contribution is 5.80. The molecular weight excluding hydrogens is 416 g/mol. The van der Waals surface area contributed by atoms with Gasteiger partial charge < -0.3 is 20.1 Å². The zero-order chi connectivity index (χ0) is 23.0. The summed E-state index contributed by atoms with van der Waals surface area (Å²) >= 11 is 0. The van der Waals surface area contributed by atoms with E-state index in [4.69, 9.17) is 14.5 Å². The third kappa shape index (κ3) is 6.10. The number of methoxy groups -OCH3 is 1. The molecule has 0 aliphatic carbocycles. The summed E-state index contributed by atoms with van der Waals surface area (Å²) in [5, 5.41) is 11.5. The van der Waals surface area contributed by atoms with Gasteiger partial charge in [0.25, 0.3) is 0 Å². The SMILES string of the molecule is CCNC(=NCc1ccccc1Oc1cccc(C)c1)NC1CCc2nc(COC)nn2C1. The summed E-state index contributed by atoms with van der Waals surface area (Å²) in [4.78, 5) is 9.39. The van der Waals surface area contributed by atoms with Gasteiger partial charge in [0.05, 0.1) is 13.1 Å². The fraction of sp³-hybridized carbons (Fsp3) is 0.400. The molecule has 3 aromatic rings. The molecule has 0 amide bonds. The van der Waals surface area contributed by atoms with Crippen molar-refractivity contribution >= 4 is 5.96 Å². The maximum atomic E-state index is 6.15. The molecular formula is C25H32N6O2. The Kier molecular flexibility index (Phi) is 7.57. The molecule has 1 aliphatic heterocycles. The Morgan fingerprint density at radius 3 is 2.91 bits per heavy atom. The van der Waals surface area contributed by atoms with Crippen molar-refractivity contribution in [3.63, 3.8) is 0 Å². The number of aryl methyl sites for hydroxylation is 2. The average molecular weight is 449 g/mol. The Morgan fingerprint density at radius 1 is 1.21 bits per heavy atom. The first-order chi connectivity index (χ1) is 16.1. The molecule has 2 aromatic carbocycles. The minimum Gasteiger partial charge on any atom is -0.457 e. The second-order valence-corrected chi connectivity index (χ2v) is 8.16. The number of hydrogen-bond acceptors (Lipinski definition) is 5. The Bertz CT molecular complexity index is 1090. The maximum absolute atomic E-state index is 6.15. The lowest BCUT2D eigenvalue weighted by molar-refractivity contribution is 0.177. The second kappa shape index (κ2) is 11.0. The van der Waals surface area contributed by atoms with Crippen molar-refractivity contribution in [2.24, 2.45) is 4.99 Å². The molecule has 8 nitrogen and oxygen atoms in total. The van der Waals surface area contributed by atoms with E-state index in [1.807, 2.05) is 41.1 Å². The molecule has 1 unspecified atom stereocenters. The quantitative estimate of drug-likeness (QED) is 0.405. The Morgan fingerprint density at radius 2 is 2.09 bits per heavy atom. The molecule has 0 saturated carbocycles. The zero-order valence-electron chi connectivity index (χ0n) is 19.5. The first-order valence-electron chi connectivity index (χ1n) is 11.4. The highest BCUT2D eigenvalue weighted by Crippen LogP contribution is 2.26. The third-order valence-corrected chi connectivity index (χ3v) is 5.46. The highest BCUT2D eigenvalue weighted by Gasteiger charge is 2.22. The number of rotatable bonds is 8. The fourth-order valence-electron chi connectivity index (χ4n) is 3.89. The van der Waals surface area contributed by atoms with E-state index in [9.17, 15) is 0 Å². The largest absolute Gasteiger partial charge is 0.457 e. The Labute approximate surface area is 195 Å². The summed E-state index contributed by atoms with van der Waals surface area (Å²) < 4.78 is 13.3. The van der Waals surface area contributed by atoms with E-state index >= 15 is 0 Å². The molecule has 0 radical (unpaired) electrons. The molecule has 2 heterocycles. The van der Waals surface area contributed by atoms with Gasteiger partial charge >= 0.3 is 0 Å². The molecule has 0 saturated heterocycles. The molecule has 1 aromatic heterocycles. The minimum absolute atomic E-state index is 0.228. The number of aliphatic imine (C=N–C) groups is 1. The number of guanidine groups is 1. The van der Waals surface area contributed by atoms with Gasteiger partial charge in [0.1, 0.15) is 23.9 Å². The predicted molar refractivity (Wildman–Crippen MR) is 128 cm³/mol. The number of nitrogens with one attached hydrogen (secondary N) is 2. The van der Waals surface area contributed by atoms with Gasteiger partial charge in [-0.1, -0.05) is 30.3 Å². The van der Waals surface area contributed by atoms with Crippen molar-refractivity contribution in [3.05, 3.63) is 71.3 Å². The van der Waals surface area contributed by atoms with E-state index < -0.39 is 0 Å². The summed E-state index contributed by atoms with van der Waals surface area (Å²) in [6.07, 6.45) is 1.85. The predicted octanol–water partition coefficient (Wildman–Crippen LogP) is 3.60.